The number of methoxy groups -OCH3 is 2. The van der Waals surface area contributed by atoms with Crippen molar-refractivity contribution >= 4 is 39.2 Å². The van der Waals surface area contributed by atoms with Crippen LogP contribution in [-0.4, -0.2) is 41.3 Å². The molecule has 4 aromatic rings. The van der Waals surface area contributed by atoms with E-state index in [0.717, 1.165) is 10.8 Å². The van der Waals surface area contributed by atoms with Crippen molar-refractivity contribution in [3.63, 3.8) is 0 Å². The topological polar surface area (TPSA) is 136 Å². The van der Waals surface area contributed by atoms with Crippen LogP contribution in [0, 0.1) is 10.1 Å². The molecule has 2 N–H and O–H groups in total. The first kappa shape index (κ1) is 25.6. The molecule has 0 spiro atoms. The van der Waals surface area contributed by atoms with Crippen LogP contribution in [0.15, 0.2) is 66.7 Å². The van der Waals surface area contributed by atoms with E-state index in [-0.39, 0.29) is 30.2 Å². The molecule has 4 rings (SSSR count). The number of nitro groups is 1. The maximum Gasteiger partial charge on any atom is 0.337 e. The number of carbonyl (C=O) groups is 2. The molecule has 9 nitrogen and oxygen atoms in total. The summed E-state index contributed by atoms with van der Waals surface area (Å²) < 4.78 is 9.18. The monoisotopic (exact) mass is 465 g/mol. The fraction of sp³-hybridized carbons (Fsp3) is 0.120. The van der Waals surface area contributed by atoms with Gasteiger partial charge in [-0.15, -0.1) is 0 Å². The second-order valence-electron chi connectivity index (χ2n) is 6.86. The van der Waals surface area contributed by atoms with Gasteiger partial charge in [0.05, 0.1) is 35.7 Å². The lowest BCUT2D eigenvalue weighted by molar-refractivity contribution is -0.384. The number of carbonyl (C=O) groups excluding carboxylic acids is 2. The smallest absolute Gasteiger partial charge is 0.337 e. The molecule has 0 aliphatic rings. The molecule has 0 radical (unpaired) electrons. The van der Waals surface area contributed by atoms with Gasteiger partial charge in [0.15, 0.2) is 5.75 Å². The van der Waals surface area contributed by atoms with Crippen molar-refractivity contribution in [2.24, 2.45) is 0 Å². The van der Waals surface area contributed by atoms with Gasteiger partial charge in [-0.25, -0.2) is 9.59 Å². The van der Waals surface area contributed by atoms with E-state index < -0.39 is 16.6 Å². The zero-order valence-corrected chi connectivity index (χ0v) is 17.6. The van der Waals surface area contributed by atoms with Crippen LogP contribution < -0.4 is 0 Å². The van der Waals surface area contributed by atoms with Crippen molar-refractivity contribution < 1.29 is 34.2 Å². The molecule has 0 aromatic heterocycles. The molecule has 34 heavy (non-hydrogen) atoms. The van der Waals surface area contributed by atoms with Crippen LogP contribution >= 0.6 is 0 Å². The summed E-state index contributed by atoms with van der Waals surface area (Å²) in [6.07, 6.45) is 0. The molecule has 0 bridgehead atoms. The molecule has 9 heteroatoms. The third kappa shape index (κ3) is 5.39. The minimum Gasteiger partial charge on any atom is -0.508 e. The van der Waals surface area contributed by atoms with E-state index in [1.165, 1.54) is 44.6 Å². The number of benzene rings is 4. The van der Waals surface area contributed by atoms with Gasteiger partial charge in [0.25, 0.3) is 0 Å². The maximum absolute atomic E-state index is 11.3. The van der Waals surface area contributed by atoms with E-state index >= 15 is 0 Å². The number of aromatic hydroxyl groups is 2. The number of ether oxygens (including phenoxy) is 2. The van der Waals surface area contributed by atoms with Crippen molar-refractivity contribution in [1.82, 2.24) is 0 Å². The maximum atomic E-state index is 11.3. The zero-order valence-electron chi connectivity index (χ0n) is 17.6. The van der Waals surface area contributed by atoms with E-state index in [4.69, 9.17) is 0 Å². The van der Waals surface area contributed by atoms with Crippen LogP contribution in [-0.2, 0) is 9.47 Å². The predicted molar refractivity (Wildman–Crippen MR) is 127 cm³/mol. The predicted octanol–water partition coefficient (Wildman–Crippen LogP) is 5.21. The summed E-state index contributed by atoms with van der Waals surface area (Å²) in [6.45, 7) is 0. The molecule has 0 amide bonds. The second kappa shape index (κ2) is 10.8. The average molecular weight is 465 g/mol. The molecule has 0 saturated heterocycles. The van der Waals surface area contributed by atoms with Gasteiger partial charge in [-0.05, 0) is 64.7 Å². The van der Waals surface area contributed by atoms with Gasteiger partial charge >= 0.3 is 17.6 Å². The minimum atomic E-state index is -0.657. The standard InChI is InChI=1S/C12H9NO5.C12H10O3.CH4/c1-18-12(15)8-2-4-9-7(6-8)3-5-10(14)11(9)13(16)17;1-15-12(14)10-3-2-9-7-11(13)5-4-8(9)6-10;/h2-6,14H,1H3;2-7,13H,1H3;1H4. The van der Waals surface area contributed by atoms with Crippen LogP contribution in [0.25, 0.3) is 21.5 Å². The SMILES string of the molecule is C.COC(=O)c1ccc2c([N+](=O)[O-])c(O)ccc2c1.COC(=O)c1ccc2cc(O)ccc2c1. The Kier molecular flexibility index (Phi) is 8.11. The molecule has 0 aliphatic heterocycles. The van der Waals surface area contributed by atoms with Gasteiger partial charge in [-0.1, -0.05) is 25.6 Å². The zero-order chi connectivity index (χ0) is 24.1. The van der Waals surface area contributed by atoms with Gasteiger partial charge in [0, 0.05) is 0 Å². The van der Waals surface area contributed by atoms with Crippen LogP contribution in [0.5, 0.6) is 11.5 Å². The van der Waals surface area contributed by atoms with Crippen LogP contribution in [0.4, 0.5) is 5.69 Å². The fourth-order valence-corrected chi connectivity index (χ4v) is 3.22. The highest BCUT2D eigenvalue weighted by Crippen LogP contribution is 2.34. The molecule has 0 unspecified atom stereocenters. The Morgan fingerprint density at radius 2 is 1.26 bits per heavy atom. The summed E-state index contributed by atoms with van der Waals surface area (Å²) in [4.78, 5) is 32.8. The van der Waals surface area contributed by atoms with Gasteiger partial charge in [0.1, 0.15) is 5.75 Å². The first-order valence-electron chi connectivity index (χ1n) is 9.54. The van der Waals surface area contributed by atoms with Gasteiger partial charge in [-0.3, -0.25) is 10.1 Å². The van der Waals surface area contributed by atoms with Gasteiger partial charge < -0.3 is 19.7 Å². The average Bonchev–Trinajstić information content (AvgIpc) is 2.82. The van der Waals surface area contributed by atoms with E-state index in [1.807, 2.05) is 0 Å². The molecular formula is C25H23NO8. The van der Waals surface area contributed by atoms with Crippen molar-refractivity contribution in [3.05, 3.63) is 88.0 Å². The number of esters is 2. The Bertz CT molecular complexity index is 1380. The summed E-state index contributed by atoms with van der Waals surface area (Å²) in [6, 6.07) is 17.2. The van der Waals surface area contributed by atoms with Crippen LogP contribution in [0.2, 0.25) is 0 Å². The summed E-state index contributed by atoms with van der Waals surface area (Å²) in [5.74, 6) is -1.07. The fourth-order valence-electron chi connectivity index (χ4n) is 3.22. The molecule has 176 valence electrons. The molecule has 0 atom stereocenters. The van der Waals surface area contributed by atoms with Crippen molar-refractivity contribution in [1.29, 1.82) is 0 Å². The number of phenolic OH excluding ortho intramolecular Hbond substituents is 2. The third-order valence-corrected chi connectivity index (χ3v) is 4.82. The van der Waals surface area contributed by atoms with E-state index in [9.17, 15) is 29.9 Å². The number of nitro benzene ring substituents is 1. The van der Waals surface area contributed by atoms with Gasteiger partial charge in [-0.2, -0.15) is 0 Å². The summed E-state index contributed by atoms with van der Waals surface area (Å²) in [7, 11) is 2.61. The normalized spacial score (nSPS) is 9.94. The molecule has 0 fully saturated rings. The Balaban J connectivity index is 0.000000237. The van der Waals surface area contributed by atoms with E-state index in [1.54, 1.807) is 36.4 Å². The van der Waals surface area contributed by atoms with E-state index in [0.29, 0.717) is 16.5 Å². The highest BCUT2D eigenvalue weighted by Gasteiger charge is 2.19. The number of rotatable bonds is 3. The van der Waals surface area contributed by atoms with Crippen LogP contribution in [0.1, 0.15) is 28.1 Å². The lowest BCUT2D eigenvalue weighted by Gasteiger charge is -2.04. The van der Waals surface area contributed by atoms with E-state index in [2.05, 4.69) is 9.47 Å². The first-order valence-corrected chi connectivity index (χ1v) is 9.54. The quantitative estimate of drug-likeness (QED) is 0.239. The first-order chi connectivity index (χ1) is 15.7. The molecule has 0 saturated carbocycles. The number of nitrogens with zero attached hydrogens (tertiary/aromatic N) is 1. The Morgan fingerprint density at radius 3 is 1.85 bits per heavy atom. The summed E-state index contributed by atoms with van der Waals surface area (Å²) in [5.41, 5.74) is 0.435. The molecular weight excluding hydrogens is 442 g/mol. The summed E-state index contributed by atoms with van der Waals surface area (Å²) >= 11 is 0. The lowest BCUT2D eigenvalue weighted by Crippen LogP contribution is -2.00. The Hall–Kier alpha value is -4.66. The molecule has 0 heterocycles. The number of hydrogen-bond acceptors (Lipinski definition) is 8. The minimum absolute atomic E-state index is 0. The van der Waals surface area contributed by atoms with Crippen molar-refractivity contribution in [3.8, 4) is 11.5 Å². The Morgan fingerprint density at radius 1 is 0.765 bits per heavy atom. The highest BCUT2D eigenvalue weighted by atomic mass is 16.6. The largest absolute Gasteiger partial charge is 0.508 e. The molecule has 4 aromatic carbocycles. The third-order valence-electron chi connectivity index (χ3n) is 4.82. The van der Waals surface area contributed by atoms with Crippen molar-refractivity contribution in [2.45, 2.75) is 7.43 Å². The van der Waals surface area contributed by atoms with Crippen LogP contribution in [0.3, 0.4) is 0 Å². The highest BCUT2D eigenvalue weighted by molar-refractivity contribution is 5.99. The van der Waals surface area contributed by atoms with Crippen molar-refractivity contribution in [2.75, 3.05) is 14.2 Å². The second-order valence-corrected chi connectivity index (χ2v) is 6.86. The number of fused-ring (bicyclic) bond motifs is 2. The number of phenols is 2. The number of hydrogen-bond donors (Lipinski definition) is 2. The van der Waals surface area contributed by atoms with Gasteiger partial charge in [0.2, 0.25) is 0 Å². The Labute approximate surface area is 194 Å². The molecule has 0 aliphatic carbocycles. The lowest BCUT2D eigenvalue weighted by atomic mass is 10.0. The summed E-state index contributed by atoms with van der Waals surface area (Å²) in [5, 5.41) is 32.1.